The molecule has 5 heteroatoms. The van der Waals surface area contributed by atoms with Gasteiger partial charge in [0, 0.05) is 24.6 Å². The quantitative estimate of drug-likeness (QED) is 0.170. The van der Waals surface area contributed by atoms with Crippen LogP contribution in [-0.4, -0.2) is 19.7 Å². The molecule has 0 atom stereocenters. The summed E-state index contributed by atoms with van der Waals surface area (Å²) in [5, 5.41) is 17.7. The topological polar surface area (TPSA) is 57.5 Å². The first-order chi connectivity index (χ1) is 19.2. The highest BCUT2D eigenvalue weighted by molar-refractivity contribution is 5.93. The molecule has 4 aromatic rings. The maximum absolute atomic E-state index is 9.77. The highest BCUT2D eigenvalue weighted by Gasteiger charge is 2.25. The predicted molar refractivity (Wildman–Crippen MR) is 161 cm³/mol. The smallest absolute Gasteiger partial charge is 0.200 e. The van der Waals surface area contributed by atoms with Crippen LogP contribution in [0.1, 0.15) is 26.7 Å². The Kier molecular flexibility index (Phi) is 8.14. The van der Waals surface area contributed by atoms with Crippen LogP contribution in [0, 0.1) is 11.3 Å². The first kappa shape index (κ1) is 25.9. The van der Waals surface area contributed by atoms with Gasteiger partial charge in [0.2, 0.25) is 5.88 Å². The van der Waals surface area contributed by atoms with Crippen molar-refractivity contribution < 1.29 is 9.47 Å². The number of nitrogens with zero attached hydrogens (tertiary/aromatic N) is 2. The van der Waals surface area contributed by atoms with Gasteiger partial charge in [0.05, 0.1) is 23.0 Å². The van der Waals surface area contributed by atoms with Gasteiger partial charge in [0.25, 0.3) is 0 Å². The van der Waals surface area contributed by atoms with Crippen molar-refractivity contribution in [1.29, 1.82) is 5.26 Å². The van der Waals surface area contributed by atoms with E-state index in [4.69, 9.17) is 9.47 Å². The van der Waals surface area contributed by atoms with Crippen LogP contribution in [0.5, 0.6) is 11.5 Å². The Morgan fingerprint density at radius 2 is 1.74 bits per heavy atom. The number of nitrogens with one attached hydrogen (secondary N) is 1. The van der Waals surface area contributed by atoms with Gasteiger partial charge in [-0.25, -0.2) is 0 Å². The van der Waals surface area contributed by atoms with Crippen molar-refractivity contribution in [2.45, 2.75) is 26.7 Å². The van der Waals surface area contributed by atoms with Crippen LogP contribution < -0.4 is 19.7 Å². The predicted octanol–water partition coefficient (Wildman–Crippen LogP) is 8.35. The number of rotatable bonds is 10. The van der Waals surface area contributed by atoms with Crippen molar-refractivity contribution >= 4 is 32.9 Å². The fourth-order valence-electron chi connectivity index (χ4n) is 4.76. The van der Waals surface area contributed by atoms with E-state index in [1.165, 1.54) is 5.39 Å². The molecule has 1 aliphatic rings. The Morgan fingerprint density at radius 3 is 2.51 bits per heavy atom. The molecule has 39 heavy (non-hydrogen) atoms. The van der Waals surface area contributed by atoms with E-state index in [9.17, 15) is 5.26 Å². The SMILES string of the molecule is CCCNc1ccc2ccccc2c1OC/C=C/C(C#N)=C/C=C1\Oc2cc3ccccc3cc2N1CCC. The number of nitriles is 1. The van der Waals surface area contributed by atoms with E-state index in [0.29, 0.717) is 12.2 Å². The molecule has 4 aromatic carbocycles. The van der Waals surface area contributed by atoms with Crippen molar-refractivity contribution in [3.8, 4) is 17.6 Å². The number of fused-ring (bicyclic) bond motifs is 3. The maximum Gasteiger partial charge on any atom is 0.200 e. The minimum absolute atomic E-state index is 0.348. The van der Waals surface area contributed by atoms with Crippen LogP contribution in [0.4, 0.5) is 11.4 Å². The van der Waals surface area contributed by atoms with Crippen molar-refractivity contribution in [1.82, 2.24) is 0 Å². The van der Waals surface area contributed by atoms with Crippen LogP contribution in [0.2, 0.25) is 0 Å². The number of benzene rings is 4. The highest BCUT2D eigenvalue weighted by Crippen LogP contribution is 2.42. The van der Waals surface area contributed by atoms with Crippen molar-refractivity contribution in [2.75, 3.05) is 29.9 Å². The average molecular weight is 516 g/mol. The molecule has 0 spiro atoms. The average Bonchev–Trinajstić information content (AvgIpc) is 3.30. The molecule has 5 nitrogen and oxygen atoms in total. The molecule has 0 radical (unpaired) electrons. The molecule has 0 saturated heterocycles. The van der Waals surface area contributed by atoms with Crippen LogP contribution >= 0.6 is 0 Å². The molecule has 0 bridgehead atoms. The first-order valence-corrected chi connectivity index (χ1v) is 13.6. The Morgan fingerprint density at radius 1 is 0.974 bits per heavy atom. The van der Waals surface area contributed by atoms with E-state index >= 15 is 0 Å². The molecule has 0 saturated carbocycles. The second-order valence-corrected chi connectivity index (χ2v) is 9.46. The fourth-order valence-corrected chi connectivity index (χ4v) is 4.76. The van der Waals surface area contributed by atoms with Gasteiger partial charge in [-0.1, -0.05) is 68.4 Å². The molecule has 0 fully saturated rings. The van der Waals surface area contributed by atoms with Crippen LogP contribution in [-0.2, 0) is 0 Å². The Bertz CT molecular complexity index is 1610. The zero-order valence-corrected chi connectivity index (χ0v) is 22.5. The van der Waals surface area contributed by atoms with E-state index in [1.807, 2.05) is 36.4 Å². The van der Waals surface area contributed by atoms with Gasteiger partial charge in [-0.3, -0.25) is 0 Å². The standard InChI is InChI=1S/C34H33N3O2/c1-3-19-36-30-17-16-26-11-7-8-14-29(26)34(30)38-21-9-10-25(24-35)15-18-33-37(20-4-2)31-22-27-12-5-6-13-28(27)23-32(31)39-33/h5-18,22-23,36H,3-4,19-21H2,1-2H3/b10-9+,25-15-,33-18-. The van der Waals surface area contributed by atoms with Crippen molar-refractivity contribution in [2.24, 2.45) is 0 Å². The second kappa shape index (κ2) is 12.2. The summed E-state index contributed by atoms with van der Waals surface area (Å²) in [4.78, 5) is 2.17. The summed E-state index contributed by atoms with van der Waals surface area (Å²) < 4.78 is 12.4. The van der Waals surface area contributed by atoms with Gasteiger partial charge in [-0.05, 0) is 65.4 Å². The lowest BCUT2D eigenvalue weighted by Crippen LogP contribution is -2.20. The maximum atomic E-state index is 9.77. The highest BCUT2D eigenvalue weighted by atomic mass is 16.5. The Labute approximate surface area is 230 Å². The molecule has 5 rings (SSSR count). The van der Waals surface area contributed by atoms with Crippen LogP contribution in [0.15, 0.2) is 109 Å². The number of anilines is 2. The van der Waals surface area contributed by atoms with Gasteiger partial charge in [-0.2, -0.15) is 5.26 Å². The number of ether oxygens (including phenoxy) is 2. The summed E-state index contributed by atoms with van der Waals surface area (Å²) in [6.07, 6.45) is 9.34. The summed E-state index contributed by atoms with van der Waals surface area (Å²) in [7, 11) is 0. The van der Waals surface area contributed by atoms with Gasteiger partial charge in [0.15, 0.2) is 11.5 Å². The van der Waals surface area contributed by atoms with E-state index in [1.54, 1.807) is 12.2 Å². The molecule has 1 heterocycles. The Hall–Kier alpha value is -4.69. The molecular weight excluding hydrogens is 482 g/mol. The Balaban J connectivity index is 1.33. The van der Waals surface area contributed by atoms with Gasteiger partial charge < -0.3 is 19.7 Å². The molecule has 1 N–H and O–H groups in total. The summed E-state index contributed by atoms with van der Waals surface area (Å²) in [5.41, 5.74) is 2.56. The van der Waals surface area contributed by atoms with Gasteiger partial charge >= 0.3 is 0 Å². The third kappa shape index (κ3) is 5.76. The van der Waals surface area contributed by atoms with Gasteiger partial charge in [0.1, 0.15) is 6.61 Å². The lowest BCUT2D eigenvalue weighted by atomic mass is 10.1. The van der Waals surface area contributed by atoms with E-state index in [0.717, 1.165) is 70.8 Å². The number of hydrogen-bond acceptors (Lipinski definition) is 5. The monoisotopic (exact) mass is 515 g/mol. The normalized spacial score (nSPS) is 14.1. The number of allylic oxidation sites excluding steroid dienone is 4. The molecule has 0 aromatic heterocycles. The lowest BCUT2D eigenvalue weighted by molar-refractivity contribution is 0.368. The molecule has 0 aliphatic carbocycles. The summed E-state index contributed by atoms with van der Waals surface area (Å²) in [5.74, 6) is 2.39. The molecule has 0 amide bonds. The third-order valence-electron chi connectivity index (χ3n) is 6.65. The summed E-state index contributed by atoms with van der Waals surface area (Å²) in [6, 6.07) is 27.2. The van der Waals surface area contributed by atoms with Crippen LogP contribution in [0.3, 0.4) is 0 Å². The van der Waals surface area contributed by atoms with E-state index in [-0.39, 0.29) is 0 Å². The second-order valence-electron chi connectivity index (χ2n) is 9.46. The zero-order chi connectivity index (χ0) is 27.0. The van der Waals surface area contributed by atoms with Crippen molar-refractivity contribution in [3.05, 3.63) is 109 Å². The molecular formula is C34H33N3O2. The molecule has 196 valence electrons. The minimum Gasteiger partial charge on any atom is -0.487 e. The lowest BCUT2D eigenvalue weighted by Gasteiger charge is -2.17. The van der Waals surface area contributed by atoms with Gasteiger partial charge in [-0.15, -0.1) is 0 Å². The van der Waals surface area contributed by atoms with Crippen molar-refractivity contribution in [3.63, 3.8) is 0 Å². The van der Waals surface area contributed by atoms with Crippen LogP contribution in [0.25, 0.3) is 21.5 Å². The minimum atomic E-state index is 0.348. The fraction of sp³-hybridized carbons (Fsp3) is 0.206. The van der Waals surface area contributed by atoms with E-state index in [2.05, 4.69) is 78.7 Å². The molecule has 1 aliphatic heterocycles. The third-order valence-corrected chi connectivity index (χ3v) is 6.65. The number of hydrogen-bond donors (Lipinski definition) is 1. The van der Waals surface area contributed by atoms with E-state index < -0.39 is 0 Å². The molecule has 0 unspecified atom stereocenters. The first-order valence-electron chi connectivity index (χ1n) is 13.6. The summed E-state index contributed by atoms with van der Waals surface area (Å²) in [6.45, 7) is 6.34. The zero-order valence-electron chi connectivity index (χ0n) is 22.5. The largest absolute Gasteiger partial charge is 0.487 e. The summed E-state index contributed by atoms with van der Waals surface area (Å²) >= 11 is 0.